The fourth-order valence-electron chi connectivity index (χ4n) is 2.78. The summed E-state index contributed by atoms with van der Waals surface area (Å²) in [5, 5.41) is 9.08. The van der Waals surface area contributed by atoms with E-state index < -0.39 is 0 Å². The van der Waals surface area contributed by atoms with Crippen molar-refractivity contribution >= 4 is 23.3 Å². The highest BCUT2D eigenvalue weighted by Crippen LogP contribution is 2.23. The molecule has 8 heteroatoms. The number of rotatable bonds is 4. The van der Waals surface area contributed by atoms with E-state index in [2.05, 4.69) is 10.2 Å². The van der Waals surface area contributed by atoms with Gasteiger partial charge >= 0.3 is 6.09 Å². The lowest BCUT2D eigenvalue weighted by Gasteiger charge is -2.21. The molecule has 0 radical (unpaired) electrons. The maximum atomic E-state index is 12.7. The van der Waals surface area contributed by atoms with Gasteiger partial charge in [-0.2, -0.15) is 5.10 Å². The van der Waals surface area contributed by atoms with E-state index in [4.69, 9.17) is 4.74 Å². The minimum absolute atomic E-state index is 0.110. The molecule has 1 fully saturated rings. The average molecular weight is 376 g/mol. The number of aromatic amines is 1. The van der Waals surface area contributed by atoms with E-state index in [9.17, 15) is 9.59 Å². The summed E-state index contributed by atoms with van der Waals surface area (Å²) in [6.07, 6.45) is 0.429. The van der Waals surface area contributed by atoms with Crippen LogP contribution >= 0.6 is 11.3 Å². The van der Waals surface area contributed by atoms with Crippen molar-refractivity contribution in [3.05, 3.63) is 29.3 Å². The number of carbonyl (C=O) groups is 2. The molecule has 2 aromatic heterocycles. The lowest BCUT2D eigenvalue weighted by molar-refractivity contribution is 0.0741. The molecular formula is C18H24N4O3S. The van der Waals surface area contributed by atoms with Crippen LogP contribution in [0.3, 0.4) is 0 Å². The van der Waals surface area contributed by atoms with Crippen LogP contribution in [0.5, 0.6) is 0 Å². The molecule has 0 bridgehead atoms. The zero-order valence-corrected chi connectivity index (χ0v) is 15.9. The van der Waals surface area contributed by atoms with Crippen LogP contribution in [-0.4, -0.2) is 64.8 Å². The molecule has 1 N–H and O–H groups in total. The van der Waals surface area contributed by atoms with Gasteiger partial charge in [0.2, 0.25) is 0 Å². The standard InChI is InChI=1S/C18H24N4O3S/c1-13(2)12-25-18(24)22-7-4-6-21(8-9-22)17(23)15-11-14(19-20-15)16-5-3-10-26-16/h3,5,10-11,13H,4,6-9,12H2,1-2H3,(H,19,20). The van der Waals surface area contributed by atoms with E-state index in [1.54, 1.807) is 27.2 Å². The molecule has 0 atom stereocenters. The fourth-order valence-corrected chi connectivity index (χ4v) is 3.48. The summed E-state index contributed by atoms with van der Waals surface area (Å²) in [6.45, 7) is 6.59. The average Bonchev–Trinajstić information content (AvgIpc) is 3.26. The number of H-pyrrole nitrogens is 1. The first-order chi connectivity index (χ1) is 12.5. The van der Waals surface area contributed by atoms with Crippen molar-refractivity contribution in [3.8, 4) is 10.6 Å². The molecule has 3 heterocycles. The monoisotopic (exact) mass is 376 g/mol. The number of nitrogens with one attached hydrogen (secondary N) is 1. The van der Waals surface area contributed by atoms with Crippen molar-refractivity contribution in [1.82, 2.24) is 20.0 Å². The first kappa shape index (κ1) is 18.4. The van der Waals surface area contributed by atoms with Gasteiger partial charge in [-0.05, 0) is 29.9 Å². The van der Waals surface area contributed by atoms with E-state index in [-0.39, 0.29) is 12.0 Å². The minimum atomic E-state index is -0.298. The summed E-state index contributed by atoms with van der Waals surface area (Å²) in [6, 6.07) is 5.73. The van der Waals surface area contributed by atoms with Crippen molar-refractivity contribution in [2.45, 2.75) is 20.3 Å². The summed E-state index contributed by atoms with van der Waals surface area (Å²) in [7, 11) is 0. The minimum Gasteiger partial charge on any atom is -0.449 e. The molecule has 0 unspecified atom stereocenters. The number of ether oxygens (including phenoxy) is 1. The predicted octanol–water partition coefficient (Wildman–Crippen LogP) is 3.08. The summed E-state index contributed by atoms with van der Waals surface area (Å²) < 4.78 is 5.29. The van der Waals surface area contributed by atoms with E-state index in [1.165, 1.54) is 0 Å². The third kappa shape index (κ3) is 4.43. The molecule has 1 aliphatic heterocycles. The van der Waals surface area contributed by atoms with Gasteiger partial charge in [-0.15, -0.1) is 11.3 Å². The second kappa shape index (κ2) is 8.35. The Bertz CT molecular complexity index is 741. The molecule has 1 aliphatic rings. The lowest BCUT2D eigenvalue weighted by Crippen LogP contribution is -2.38. The number of hydrogen-bond donors (Lipinski definition) is 1. The van der Waals surface area contributed by atoms with E-state index in [0.29, 0.717) is 44.4 Å². The lowest BCUT2D eigenvalue weighted by atomic mass is 10.2. The Morgan fingerprint density at radius 3 is 2.77 bits per heavy atom. The second-order valence-electron chi connectivity index (χ2n) is 6.75. The van der Waals surface area contributed by atoms with Crippen molar-refractivity contribution in [2.24, 2.45) is 5.92 Å². The van der Waals surface area contributed by atoms with Crippen LogP contribution in [0.25, 0.3) is 10.6 Å². The number of nitrogens with zero attached hydrogens (tertiary/aromatic N) is 3. The van der Waals surface area contributed by atoms with Gasteiger partial charge < -0.3 is 14.5 Å². The Hall–Kier alpha value is -2.35. The van der Waals surface area contributed by atoms with Crippen LogP contribution < -0.4 is 0 Å². The Morgan fingerprint density at radius 1 is 1.27 bits per heavy atom. The third-order valence-electron chi connectivity index (χ3n) is 4.17. The number of carbonyl (C=O) groups excluding carboxylic acids is 2. The van der Waals surface area contributed by atoms with Gasteiger partial charge in [-0.25, -0.2) is 4.79 Å². The van der Waals surface area contributed by atoms with Crippen LogP contribution in [-0.2, 0) is 4.74 Å². The Labute approximate surface area is 156 Å². The number of hydrogen-bond acceptors (Lipinski definition) is 5. The zero-order chi connectivity index (χ0) is 18.5. The maximum absolute atomic E-state index is 12.7. The highest BCUT2D eigenvalue weighted by Gasteiger charge is 2.25. The third-order valence-corrected chi connectivity index (χ3v) is 5.07. The first-order valence-electron chi connectivity index (χ1n) is 8.85. The summed E-state index contributed by atoms with van der Waals surface area (Å²) in [5.74, 6) is 0.197. The second-order valence-corrected chi connectivity index (χ2v) is 7.70. The molecule has 7 nitrogen and oxygen atoms in total. The van der Waals surface area contributed by atoms with Gasteiger partial charge in [0, 0.05) is 26.2 Å². The van der Waals surface area contributed by atoms with Crippen LogP contribution in [0.2, 0.25) is 0 Å². The SMILES string of the molecule is CC(C)COC(=O)N1CCCN(C(=O)c2cc(-c3cccs3)[nH]n2)CC1. The van der Waals surface area contributed by atoms with Crippen molar-refractivity contribution in [3.63, 3.8) is 0 Å². The van der Waals surface area contributed by atoms with Gasteiger partial charge in [0.05, 0.1) is 17.2 Å². The topological polar surface area (TPSA) is 78.5 Å². The molecule has 0 aromatic carbocycles. The van der Waals surface area contributed by atoms with Crippen LogP contribution in [0, 0.1) is 5.92 Å². The molecule has 2 aromatic rings. The van der Waals surface area contributed by atoms with E-state index in [0.717, 1.165) is 17.0 Å². The molecule has 2 amide bonds. The summed E-state index contributed by atoms with van der Waals surface area (Å²) in [5.41, 5.74) is 1.25. The Kier molecular flexibility index (Phi) is 5.92. The number of aromatic nitrogens is 2. The predicted molar refractivity (Wildman–Crippen MR) is 100 cm³/mol. The fraction of sp³-hybridized carbons (Fsp3) is 0.500. The quantitative estimate of drug-likeness (QED) is 0.889. The van der Waals surface area contributed by atoms with Crippen molar-refractivity contribution in [1.29, 1.82) is 0 Å². The van der Waals surface area contributed by atoms with Crippen LogP contribution in [0.15, 0.2) is 23.6 Å². The van der Waals surface area contributed by atoms with Gasteiger partial charge in [0.1, 0.15) is 0 Å². The van der Waals surface area contributed by atoms with Gasteiger partial charge in [0.15, 0.2) is 5.69 Å². The molecule has 26 heavy (non-hydrogen) atoms. The Balaban J connectivity index is 1.58. The molecular weight excluding hydrogens is 352 g/mol. The summed E-state index contributed by atoms with van der Waals surface area (Å²) in [4.78, 5) is 29.3. The maximum Gasteiger partial charge on any atom is 0.409 e. The highest BCUT2D eigenvalue weighted by molar-refractivity contribution is 7.13. The van der Waals surface area contributed by atoms with Gasteiger partial charge in [0.25, 0.3) is 5.91 Å². The summed E-state index contributed by atoms with van der Waals surface area (Å²) >= 11 is 1.60. The molecule has 0 saturated carbocycles. The molecule has 1 saturated heterocycles. The molecule has 0 spiro atoms. The molecule has 140 valence electrons. The number of amides is 2. The van der Waals surface area contributed by atoms with Crippen LogP contribution in [0.1, 0.15) is 30.8 Å². The molecule has 0 aliphatic carbocycles. The molecule has 3 rings (SSSR count). The number of thiophene rings is 1. The largest absolute Gasteiger partial charge is 0.449 e. The van der Waals surface area contributed by atoms with Crippen molar-refractivity contribution in [2.75, 3.05) is 32.8 Å². The van der Waals surface area contributed by atoms with Gasteiger partial charge in [-0.1, -0.05) is 19.9 Å². The zero-order valence-electron chi connectivity index (χ0n) is 15.1. The normalized spacial score (nSPS) is 15.2. The van der Waals surface area contributed by atoms with Crippen LogP contribution in [0.4, 0.5) is 4.79 Å². The van der Waals surface area contributed by atoms with E-state index >= 15 is 0 Å². The Morgan fingerprint density at radius 2 is 2.04 bits per heavy atom. The first-order valence-corrected chi connectivity index (χ1v) is 9.73. The smallest absolute Gasteiger partial charge is 0.409 e. The van der Waals surface area contributed by atoms with Crippen molar-refractivity contribution < 1.29 is 14.3 Å². The van der Waals surface area contributed by atoms with E-state index in [1.807, 2.05) is 31.4 Å². The van der Waals surface area contributed by atoms with Gasteiger partial charge in [-0.3, -0.25) is 9.89 Å². The highest BCUT2D eigenvalue weighted by atomic mass is 32.1.